The summed E-state index contributed by atoms with van der Waals surface area (Å²) in [6.45, 7) is 1.43. The van der Waals surface area contributed by atoms with Crippen molar-refractivity contribution in [3.8, 4) is 5.75 Å². The maximum Gasteiger partial charge on any atom is 0.279 e. The average Bonchev–Trinajstić information content (AvgIpc) is 3.02. The Morgan fingerprint density at radius 2 is 1.67 bits per heavy atom. The number of anilines is 2. The number of carbonyl (C=O) groups is 3. The molecule has 30 heavy (non-hydrogen) atoms. The predicted octanol–water partition coefficient (Wildman–Crippen LogP) is 3.28. The maximum absolute atomic E-state index is 14.8. The molecule has 0 bridgehead atoms. The predicted molar refractivity (Wildman–Crippen MR) is 109 cm³/mol. The van der Waals surface area contributed by atoms with E-state index in [2.05, 4.69) is 15.7 Å². The monoisotopic (exact) mass is 410 g/mol. The number of ketones is 1. The highest BCUT2D eigenvalue weighted by Crippen LogP contribution is 2.22. The summed E-state index contributed by atoms with van der Waals surface area (Å²) in [4.78, 5) is 36.3. The fourth-order valence-electron chi connectivity index (χ4n) is 2.76. The third kappa shape index (κ3) is 4.19. The van der Waals surface area contributed by atoms with E-state index in [1.165, 1.54) is 39.3 Å². The minimum Gasteiger partial charge on any atom is -0.496 e. The van der Waals surface area contributed by atoms with Crippen molar-refractivity contribution in [1.82, 2.24) is 9.78 Å². The molecule has 0 saturated heterocycles. The highest BCUT2D eigenvalue weighted by Gasteiger charge is 2.24. The van der Waals surface area contributed by atoms with Gasteiger partial charge in [-0.2, -0.15) is 5.10 Å². The molecule has 0 unspecified atom stereocenters. The van der Waals surface area contributed by atoms with Gasteiger partial charge in [0, 0.05) is 18.3 Å². The molecule has 3 rings (SSSR count). The number of Topliss-reactive ketones (excluding diaryl/α,β-unsaturated/α-hetero) is 1. The summed E-state index contributed by atoms with van der Waals surface area (Å²) in [5.74, 6) is -2.43. The lowest BCUT2D eigenvalue weighted by Crippen LogP contribution is -2.16. The van der Waals surface area contributed by atoms with E-state index in [9.17, 15) is 18.8 Å². The van der Waals surface area contributed by atoms with Gasteiger partial charge in [-0.3, -0.25) is 14.4 Å². The number of hydrogen-bond donors (Lipinski definition) is 2. The first-order valence-electron chi connectivity index (χ1n) is 8.91. The van der Waals surface area contributed by atoms with Crippen LogP contribution in [0.15, 0.2) is 48.5 Å². The number of aryl methyl sites for hydroxylation is 1. The van der Waals surface area contributed by atoms with Gasteiger partial charge in [0.05, 0.1) is 12.7 Å². The van der Waals surface area contributed by atoms with Crippen LogP contribution >= 0.6 is 0 Å². The molecular weight excluding hydrogens is 391 g/mol. The zero-order valence-corrected chi connectivity index (χ0v) is 16.5. The van der Waals surface area contributed by atoms with Crippen molar-refractivity contribution >= 4 is 29.1 Å². The molecule has 0 spiro atoms. The largest absolute Gasteiger partial charge is 0.496 e. The SMILES string of the molecule is COc1ccccc1C(=O)Nc1c(F)c(C(=O)Nc2ccc(C(C)=O)cc2)nn1C. The van der Waals surface area contributed by atoms with Crippen LogP contribution < -0.4 is 15.4 Å². The Balaban J connectivity index is 1.80. The number of carbonyl (C=O) groups excluding carboxylic acids is 3. The van der Waals surface area contributed by atoms with Crippen LogP contribution in [0, 0.1) is 5.82 Å². The fourth-order valence-corrected chi connectivity index (χ4v) is 2.76. The van der Waals surface area contributed by atoms with Crippen LogP contribution in [-0.2, 0) is 7.05 Å². The van der Waals surface area contributed by atoms with E-state index in [1.807, 2.05) is 0 Å². The van der Waals surface area contributed by atoms with Gasteiger partial charge in [0.15, 0.2) is 23.1 Å². The number of ether oxygens (including phenoxy) is 1. The Kier molecular flexibility index (Phi) is 5.91. The molecule has 0 atom stereocenters. The molecule has 0 aliphatic heterocycles. The van der Waals surface area contributed by atoms with Crippen molar-refractivity contribution in [3.63, 3.8) is 0 Å². The molecule has 3 aromatic rings. The van der Waals surface area contributed by atoms with Gasteiger partial charge < -0.3 is 15.4 Å². The Morgan fingerprint density at radius 1 is 1.00 bits per heavy atom. The minimum atomic E-state index is -0.974. The molecule has 8 nitrogen and oxygen atoms in total. The van der Waals surface area contributed by atoms with E-state index in [1.54, 1.807) is 30.3 Å². The van der Waals surface area contributed by atoms with Gasteiger partial charge in [0.1, 0.15) is 5.75 Å². The zero-order valence-electron chi connectivity index (χ0n) is 16.5. The summed E-state index contributed by atoms with van der Waals surface area (Å²) < 4.78 is 21.0. The quantitative estimate of drug-likeness (QED) is 0.607. The molecule has 2 amide bonds. The molecule has 2 aromatic carbocycles. The molecule has 1 aromatic heterocycles. The smallest absolute Gasteiger partial charge is 0.279 e. The first-order valence-corrected chi connectivity index (χ1v) is 8.91. The molecular formula is C21H19FN4O4. The van der Waals surface area contributed by atoms with Crippen molar-refractivity contribution in [3.05, 3.63) is 71.2 Å². The van der Waals surface area contributed by atoms with E-state index in [-0.39, 0.29) is 17.2 Å². The number of nitrogens with one attached hydrogen (secondary N) is 2. The Labute approximate surface area is 171 Å². The molecule has 2 N–H and O–H groups in total. The maximum atomic E-state index is 14.8. The molecule has 0 saturated carbocycles. The normalized spacial score (nSPS) is 10.4. The summed E-state index contributed by atoms with van der Waals surface area (Å²) in [5.41, 5.74) is 0.577. The second-order valence-electron chi connectivity index (χ2n) is 6.38. The topological polar surface area (TPSA) is 102 Å². The molecule has 0 fully saturated rings. The van der Waals surface area contributed by atoms with Gasteiger partial charge in [-0.1, -0.05) is 12.1 Å². The van der Waals surface area contributed by atoms with Gasteiger partial charge >= 0.3 is 0 Å². The second-order valence-corrected chi connectivity index (χ2v) is 6.38. The van der Waals surface area contributed by atoms with Gasteiger partial charge in [0.2, 0.25) is 0 Å². The molecule has 0 aliphatic rings. The Hall–Kier alpha value is -4.01. The summed E-state index contributed by atoms with van der Waals surface area (Å²) in [7, 11) is 2.82. The number of methoxy groups -OCH3 is 1. The highest BCUT2D eigenvalue weighted by atomic mass is 19.1. The lowest BCUT2D eigenvalue weighted by molar-refractivity contribution is 0.101. The standard InChI is InChI=1S/C21H19FN4O4/c1-12(27)13-8-10-14(11-9-13)23-21(29)18-17(22)19(26(2)25-18)24-20(28)15-6-4-5-7-16(15)30-3/h4-11H,1-3H3,(H,23,29)(H,24,28). The second kappa shape index (κ2) is 8.56. The van der Waals surface area contributed by atoms with Crippen LogP contribution in [0.3, 0.4) is 0 Å². The molecule has 9 heteroatoms. The number of halogens is 1. The highest BCUT2D eigenvalue weighted by molar-refractivity contribution is 6.07. The number of nitrogens with zero attached hydrogens (tertiary/aromatic N) is 2. The van der Waals surface area contributed by atoms with Gasteiger partial charge in [-0.05, 0) is 43.3 Å². The fraction of sp³-hybridized carbons (Fsp3) is 0.143. The first kappa shape index (κ1) is 20.7. The number of benzene rings is 2. The third-order valence-corrected chi connectivity index (χ3v) is 4.34. The van der Waals surface area contributed by atoms with Crippen LogP contribution in [0.1, 0.15) is 38.1 Å². The summed E-state index contributed by atoms with van der Waals surface area (Å²) >= 11 is 0. The van der Waals surface area contributed by atoms with Crippen molar-refractivity contribution in [2.75, 3.05) is 17.7 Å². The number of para-hydroxylation sites is 1. The minimum absolute atomic E-state index is 0.112. The number of hydrogen-bond acceptors (Lipinski definition) is 5. The summed E-state index contributed by atoms with van der Waals surface area (Å²) in [5, 5.41) is 8.80. The first-order chi connectivity index (χ1) is 14.3. The van der Waals surface area contributed by atoms with E-state index in [0.29, 0.717) is 17.0 Å². The number of aromatic nitrogens is 2. The molecule has 0 radical (unpaired) electrons. The van der Waals surface area contributed by atoms with Crippen LogP contribution in [0.2, 0.25) is 0 Å². The van der Waals surface area contributed by atoms with E-state index in [0.717, 1.165) is 4.68 Å². The van der Waals surface area contributed by atoms with Crippen LogP contribution in [-0.4, -0.2) is 34.5 Å². The summed E-state index contributed by atoms with van der Waals surface area (Å²) in [6.07, 6.45) is 0. The van der Waals surface area contributed by atoms with Crippen LogP contribution in [0.25, 0.3) is 0 Å². The zero-order chi connectivity index (χ0) is 21.8. The van der Waals surface area contributed by atoms with Crippen molar-refractivity contribution in [2.24, 2.45) is 7.05 Å². The molecule has 154 valence electrons. The van der Waals surface area contributed by atoms with E-state index >= 15 is 0 Å². The van der Waals surface area contributed by atoms with E-state index < -0.39 is 23.3 Å². The van der Waals surface area contributed by atoms with E-state index in [4.69, 9.17) is 4.74 Å². The van der Waals surface area contributed by atoms with Crippen LogP contribution in [0.5, 0.6) is 5.75 Å². The third-order valence-electron chi connectivity index (χ3n) is 4.34. The lowest BCUT2D eigenvalue weighted by Gasteiger charge is -2.09. The van der Waals surface area contributed by atoms with Crippen molar-refractivity contribution in [2.45, 2.75) is 6.92 Å². The van der Waals surface area contributed by atoms with Crippen LogP contribution in [0.4, 0.5) is 15.9 Å². The summed E-state index contributed by atoms with van der Waals surface area (Å²) in [6, 6.07) is 12.6. The Morgan fingerprint density at radius 3 is 2.30 bits per heavy atom. The molecule has 1 heterocycles. The van der Waals surface area contributed by atoms with Gasteiger partial charge in [-0.25, -0.2) is 9.07 Å². The van der Waals surface area contributed by atoms with Crippen molar-refractivity contribution in [1.29, 1.82) is 0 Å². The lowest BCUT2D eigenvalue weighted by atomic mass is 10.1. The number of amides is 2. The molecule has 0 aliphatic carbocycles. The average molecular weight is 410 g/mol. The van der Waals surface area contributed by atoms with Gasteiger partial charge in [-0.15, -0.1) is 0 Å². The number of rotatable bonds is 6. The Bertz CT molecular complexity index is 1120. The van der Waals surface area contributed by atoms with Gasteiger partial charge in [0.25, 0.3) is 11.8 Å². The van der Waals surface area contributed by atoms with Crippen molar-refractivity contribution < 1.29 is 23.5 Å².